The summed E-state index contributed by atoms with van der Waals surface area (Å²) in [7, 11) is 0. The third-order valence-electron chi connectivity index (χ3n) is 5.88. The highest BCUT2D eigenvalue weighted by Crippen LogP contribution is 2.46. The number of nitrogens with one attached hydrogen (secondary N) is 1. The summed E-state index contributed by atoms with van der Waals surface area (Å²) in [5, 5.41) is 2.94. The predicted molar refractivity (Wildman–Crippen MR) is 142 cm³/mol. The summed E-state index contributed by atoms with van der Waals surface area (Å²) in [6.45, 7) is 14.4. The maximum absolute atomic E-state index is 12.2. The summed E-state index contributed by atoms with van der Waals surface area (Å²) in [4.78, 5) is 37.4. The van der Waals surface area contributed by atoms with Gasteiger partial charge in [0.05, 0.1) is 72.6 Å². The van der Waals surface area contributed by atoms with Gasteiger partial charge in [0, 0.05) is 12.1 Å². The average Bonchev–Trinajstić information content (AvgIpc) is 2.87. The van der Waals surface area contributed by atoms with Gasteiger partial charge in [0.25, 0.3) is 0 Å². The van der Waals surface area contributed by atoms with Crippen LogP contribution in [0.4, 0.5) is 4.79 Å². The van der Waals surface area contributed by atoms with Crippen molar-refractivity contribution in [2.45, 2.75) is 46.1 Å². The van der Waals surface area contributed by atoms with Crippen molar-refractivity contribution in [3.8, 4) is 0 Å². The van der Waals surface area contributed by atoms with E-state index in [-0.39, 0.29) is 36.7 Å². The van der Waals surface area contributed by atoms with Crippen LogP contribution in [0.25, 0.3) is 0 Å². The predicted octanol–water partition coefficient (Wildman–Crippen LogP) is 2.45. The standard InChI is InChI=1S/C27H46N2O10/c1-5-24(31)38-16-14-36-12-10-34-8-6-33-7-9-35-11-13-37-15-17-39-25(32)29-23-18-26(2,3)20-27(4,19-23)21-28-22-30/h5,23H,1,6-21H2,2-4H3,(H,29,32). The van der Waals surface area contributed by atoms with Crippen LogP contribution in [0.1, 0.15) is 40.0 Å². The first-order valence-electron chi connectivity index (χ1n) is 13.3. The largest absolute Gasteiger partial charge is 0.460 e. The molecule has 1 aliphatic rings. The minimum Gasteiger partial charge on any atom is -0.460 e. The Morgan fingerprint density at radius 3 is 1.74 bits per heavy atom. The highest BCUT2D eigenvalue weighted by Gasteiger charge is 2.41. The van der Waals surface area contributed by atoms with Gasteiger partial charge in [0.15, 0.2) is 0 Å². The zero-order valence-electron chi connectivity index (χ0n) is 23.7. The number of amides is 1. The van der Waals surface area contributed by atoms with E-state index in [0.29, 0.717) is 66.0 Å². The lowest BCUT2D eigenvalue weighted by Gasteiger charge is -2.45. The Morgan fingerprint density at radius 1 is 0.821 bits per heavy atom. The van der Waals surface area contributed by atoms with E-state index in [1.54, 1.807) is 6.08 Å². The van der Waals surface area contributed by atoms with Crippen molar-refractivity contribution < 1.29 is 47.5 Å². The van der Waals surface area contributed by atoms with Crippen molar-refractivity contribution in [2.75, 3.05) is 85.8 Å². The summed E-state index contributed by atoms with van der Waals surface area (Å²) >= 11 is 0. The second-order valence-electron chi connectivity index (χ2n) is 10.4. The van der Waals surface area contributed by atoms with Gasteiger partial charge in [-0.25, -0.2) is 19.4 Å². The van der Waals surface area contributed by atoms with E-state index in [2.05, 4.69) is 37.7 Å². The normalized spacial score (nSPS) is 20.0. The Morgan fingerprint density at radius 2 is 1.28 bits per heavy atom. The Balaban J connectivity index is 1.91. The molecular weight excluding hydrogens is 512 g/mol. The number of isocyanates is 1. The molecule has 0 aromatic heterocycles. The third-order valence-corrected chi connectivity index (χ3v) is 5.88. The smallest absolute Gasteiger partial charge is 0.407 e. The van der Waals surface area contributed by atoms with Gasteiger partial charge in [-0.3, -0.25) is 0 Å². The van der Waals surface area contributed by atoms with Crippen LogP contribution >= 0.6 is 0 Å². The number of carbonyl (C=O) groups is 2. The van der Waals surface area contributed by atoms with Gasteiger partial charge >= 0.3 is 12.1 Å². The van der Waals surface area contributed by atoms with Gasteiger partial charge in [-0.05, 0) is 30.1 Å². The summed E-state index contributed by atoms with van der Waals surface area (Å²) in [5.41, 5.74) is -0.145. The van der Waals surface area contributed by atoms with Crippen LogP contribution in [-0.4, -0.2) is 110 Å². The highest BCUT2D eigenvalue weighted by molar-refractivity contribution is 5.81. The summed E-state index contributed by atoms with van der Waals surface area (Å²) in [6, 6.07) is -0.0442. The fraction of sp³-hybridized carbons (Fsp3) is 0.815. The molecule has 12 nitrogen and oxygen atoms in total. The lowest BCUT2D eigenvalue weighted by Crippen LogP contribution is -2.48. The lowest BCUT2D eigenvalue weighted by atomic mass is 9.62. The summed E-state index contributed by atoms with van der Waals surface area (Å²) in [5.74, 6) is -0.469. The van der Waals surface area contributed by atoms with E-state index in [1.165, 1.54) is 0 Å². The molecular formula is C27H46N2O10. The molecule has 0 radical (unpaired) electrons. The van der Waals surface area contributed by atoms with Gasteiger partial charge in [0.2, 0.25) is 6.08 Å². The van der Waals surface area contributed by atoms with Crippen LogP contribution in [-0.2, 0) is 42.7 Å². The fourth-order valence-electron chi connectivity index (χ4n) is 4.72. The van der Waals surface area contributed by atoms with E-state index in [9.17, 15) is 14.4 Å². The number of nitrogens with zero attached hydrogens (tertiary/aromatic N) is 1. The van der Waals surface area contributed by atoms with Crippen LogP contribution < -0.4 is 5.32 Å². The molecule has 39 heavy (non-hydrogen) atoms. The minimum atomic E-state index is -0.473. The Labute approximate surface area is 231 Å². The number of ether oxygens (including phenoxy) is 7. The van der Waals surface area contributed by atoms with Crippen molar-refractivity contribution >= 4 is 18.1 Å². The lowest BCUT2D eigenvalue weighted by molar-refractivity contribution is -0.139. The molecule has 0 heterocycles. The first kappa shape index (κ1) is 34.7. The van der Waals surface area contributed by atoms with E-state index in [0.717, 1.165) is 25.3 Å². The molecule has 1 amide bonds. The van der Waals surface area contributed by atoms with Gasteiger partial charge in [-0.1, -0.05) is 27.4 Å². The van der Waals surface area contributed by atoms with Crippen LogP contribution in [0.2, 0.25) is 0 Å². The van der Waals surface area contributed by atoms with Gasteiger partial charge < -0.3 is 38.5 Å². The molecule has 1 fully saturated rings. The molecule has 12 heteroatoms. The van der Waals surface area contributed by atoms with E-state index in [1.807, 2.05) is 0 Å². The molecule has 1 saturated carbocycles. The van der Waals surface area contributed by atoms with E-state index < -0.39 is 12.1 Å². The number of aliphatic imine (C=N–C) groups is 1. The maximum atomic E-state index is 12.2. The second-order valence-corrected chi connectivity index (χ2v) is 10.4. The van der Waals surface area contributed by atoms with Crippen LogP contribution in [0.5, 0.6) is 0 Å². The first-order valence-corrected chi connectivity index (χ1v) is 13.3. The Bertz CT molecular complexity index is 757. The van der Waals surface area contributed by atoms with Crippen molar-refractivity contribution in [3.05, 3.63) is 12.7 Å². The number of esters is 1. The van der Waals surface area contributed by atoms with Crippen LogP contribution in [0.15, 0.2) is 17.6 Å². The monoisotopic (exact) mass is 558 g/mol. The minimum absolute atomic E-state index is 0.0210. The van der Waals surface area contributed by atoms with Crippen LogP contribution in [0.3, 0.4) is 0 Å². The molecule has 224 valence electrons. The SMILES string of the molecule is C=CC(=O)OCCOCCOCCOCCOCCOCCOC(=O)NC1CC(C)(C)CC(C)(CN=C=O)C1. The molecule has 0 aliphatic heterocycles. The third kappa shape index (κ3) is 18.6. The van der Waals surface area contributed by atoms with Gasteiger partial charge in [0.1, 0.15) is 13.2 Å². The van der Waals surface area contributed by atoms with Crippen molar-refractivity contribution in [1.29, 1.82) is 0 Å². The molecule has 0 bridgehead atoms. The molecule has 0 spiro atoms. The summed E-state index contributed by atoms with van der Waals surface area (Å²) in [6.07, 6.45) is 4.73. The number of carbonyl (C=O) groups excluding carboxylic acids is 3. The number of rotatable bonds is 22. The van der Waals surface area contributed by atoms with Crippen molar-refractivity contribution in [2.24, 2.45) is 15.8 Å². The molecule has 2 atom stereocenters. The summed E-state index contributed by atoms with van der Waals surface area (Å²) < 4.78 is 36.9. The maximum Gasteiger partial charge on any atom is 0.407 e. The zero-order valence-corrected chi connectivity index (χ0v) is 23.7. The quantitative estimate of drug-likeness (QED) is 0.0693. The molecule has 1 rings (SSSR count). The van der Waals surface area contributed by atoms with Crippen molar-refractivity contribution in [1.82, 2.24) is 5.32 Å². The average molecular weight is 559 g/mol. The number of alkyl carbamates (subject to hydrolysis) is 1. The Hall–Kier alpha value is -2.34. The molecule has 0 aromatic rings. The zero-order chi connectivity index (χ0) is 28.8. The Kier molecular flexibility index (Phi) is 18.3. The van der Waals surface area contributed by atoms with E-state index >= 15 is 0 Å². The van der Waals surface area contributed by atoms with Crippen molar-refractivity contribution in [3.63, 3.8) is 0 Å². The number of hydrogen-bond acceptors (Lipinski definition) is 11. The second kappa shape index (κ2) is 20.5. The van der Waals surface area contributed by atoms with Crippen LogP contribution in [0, 0.1) is 10.8 Å². The van der Waals surface area contributed by atoms with E-state index in [4.69, 9.17) is 33.2 Å². The topological polar surface area (TPSA) is 140 Å². The molecule has 0 saturated heterocycles. The molecule has 2 unspecified atom stereocenters. The molecule has 1 N–H and O–H groups in total. The molecule has 1 aliphatic carbocycles. The number of hydrogen-bond donors (Lipinski definition) is 1. The van der Waals surface area contributed by atoms with Gasteiger partial charge in [-0.15, -0.1) is 0 Å². The van der Waals surface area contributed by atoms with Gasteiger partial charge in [-0.2, -0.15) is 0 Å². The fourth-order valence-corrected chi connectivity index (χ4v) is 4.72. The highest BCUT2D eigenvalue weighted by atomic mass is 16.6. The first-order chi connectivity index (χ1) is 18.7. The molecule has 0 aromatic carbocycles.